The van der Waals surface area contributed by atoms with Crippen molar-refractivity contribution >= 4 is 16.7 Å². The molecule has 2 atom stereocenters. The zero-order valence-corrected chi connectivity index (χ0v) is 13.3. The predicted octanol–water partition coefficient (Wildman–Crippen LogP) is 3.87. The number of nitrogens with zero attached hydrogens (tertiary/aromatic N) is 1. The Bertz CT molecular complexity index is 667. The van der Waals surface area contributed by atoms with Crippen LogP contribution in [0.15, 0.2) is 42.5 Å². The molecule has 1 saturated heterocycles. The standard InChI is InChI=1S/C19H23NO2/c1-14-6-5-11-20(13-14)19(21)15(2)22-18-10-9-16-7-3-4-8-17(16)12-18/h3-4,7-10,12,14-15H,5-6,11,13H2,1-2H3. The van der Waals surface area contributed by atoms with Gasteiger partial charge in [-0.05, 0) is 48.6 Å². The Morgan fingerprint density at radius 1 is 1.23 bits per heavy atom. The van der Waals surface area contributed by atoms with Crippen molar-refractivity contribution < 1.29 is 9.53 Å². The van der Waals surface area contributed by atoms with Crippen molar-refractivity contribution in [3.05, 3.63) is 42.5 Å². The molecule has 22 heavy (non-hydrogen) atoms. The number of ether oxygens (including phenoxy) is 1. The van der Waals surface area contributed by atoms with Gasteiger partial charge in [0.15, 0.2) is 6.10 Å². The normalized spacial score (nSPS) is 19.9. The molecule has 0 aliphatic carbocycles. The first-order chi connectivity index (χ1) is 10.6. The van der Waals surface area contributed by atoms with Crippen molar-refractivity contribution in [1.82, 2.24) is 4.90 Å². The molecule has 1 fully saturated rings. The second-order valence-corrected chi connectivity index (χ2v) is 6.30. The molecule has 0 N–H and O–H groups in total. The smallest absolute Gasteiger partial charge is 0.263 e. The molecule has 1 aliphatic rings. The van der Waals surface area contributed by atoms with Gasteiger partial charge in [-0.1, -0.05) is 37.3 Å². The largest absolute Gasteiger partial charge is 0.481 e. The van der Waals surface area contributed by atoms with Crippen LogP contribution in [0, 0.1) is 5.92 Å². The van der Waals surface area contributed by atoms with Gasteiger partial charge in [0.05, 0.1) is 0 Å². The van der Waals surface area contributed by atoms with Crippen LogP contribution in [-0.4, -0.2) is 30.0 Å². The van der Waals surface area contributed by atoms with Gasteiger partial charge in [-0.15, -0.1) is 0 Å². The minimum absolute atomic E-state index is 0.0970. The van der Waals surface area contributed by atoms with Gasteiger partial charge < -0.3 is 9.64 Å². The molecule has 2 unspecified atom stereocenters. The molecular formula is C19H23NO2. The summed E-state index contributed by atoms with van der Waals surface area (Å²) in [4.78, 5) is 14.5. The fourth-order valence-electron chi connectivity index (χ4n) is 3.14. The second kappa shape index (κ2) is 6.39. The summed E-state index contributed by atoms with van der Waals surface area (Å²) in [5, 5.41) is 2.31. The predicted molar refractivity (Wildman–Crippen MR) is 89.0 cm³/mol. The summed E-state index contributed by atoms with van der Waals surface area (Å²) in [6, 6.07) is 14.1. The highest BCUT2D eigenvalue weighted by atomic mass is 16.5. The zero-order chi connectivity index (χ0) is 15.5. The number of piperidine rings is 1. The van der Waals surface area contributed by atoms with E-state index < -0.39 is 6.10 Å². The van der Waals surface area contributed by atoms with Crippen LogP contribution < -0.4 is 4.74 Å². The van der Waals surface area contributed by atoms with Crippen LogP contribution in [0.1, 0.15) is 26.7 Å². The average Bonchev–Trinajstić information content (AvgIpc) is 2.54. The number of rotatable bonds is 3. The molecule has 2 aromatic rings. The van der Waals surface area contributed by atoms with Crippen LogP contribution in [-0.2, 0) is 4.79 Å². The minimum Gasteiger partial charge on any atom is -0.481 e. The van der Waals surface area contributed by atoms with E-state index in [4.69, 9.17) is 4.74 Å². The first kappa shape index (κ1) is 14.9. The Morgan fingerprint density at radius 3 is 2.77 bits per heavy atom. The fraction of sp³-hybridized carbons (Fsp3) is 0.421. The second-order valence-electron chi connectivity index (χ2n) is 6.30. The summed E-state index contributed by atoms with van der Waals surface area (Å²) < 4.78 is 5.88. The number of benzene rings is 2. The van der Waals surface area contributed by atoms with Crippen LogP contribution in [0.4, 0.5) is 0 Å². The monoisotopic (exact) mass is 297 g/mol. The van der Waals surface area contributed by atoms with Gasteiger partial charge in [-0.3, -0.25) is 4.79 Å². The topological polar surface area (TPSA) is 29.5 Å². The molecule has 3 nitrogen and oxygen atoms in total. The van der Waals surface area contributed by atoms with E-state index in [0.717, 1.165) is 30.6 Å². The Hall–Kier alpha value is -2.03. The lowest BCUT2D eigenvalue weighted by Gasteiger charge is -2.32. The van der Waals surface area contributed by atoms with Crippen molar-refractivity contribution in [2.24, 2.45) is 5.92 Å². The lowest BCUT2D eigenvalue weighted by molar-refractivity contribution is -0.139. The number of amides is 1. The molecule has 2 aromatic carbocycles. The number of fused-ring (bicyclic) bond motifs is 1. The number of carbonyl (C=O) groups is 1. The van der Waals surface area contributed by atoms with Crippen LogP contribution in [0.3, 0.4) is 0 Å². The summed E-state index contributed by atoms with van der Waals surface area (Å²) in [5.74, 6) is 1.44. The van der Waals surface area contributed by atoms with Gasteiger partial charge in [0.25, 0.3) is 5.91 Å². The third-order valence-electron chi connectivity index (χ3n) is 4.35. The molecule has 0 aromatic heterocycles. The Balaban J connectivity index is 1.69. The maximum Gasteiger partial charge on any atom is 0.263 e. The Labute approximate surface area is 131 Å². The molecule has 0 saturated carbocycles. The maximum absolute atomic E-state index is 12.5. The average molecular weight is 297 g/mol. The third-order valence-corrected chi connectivity index (χ3v) is 4.35. The number of hydrogen-bond acceptors (Lipinski definition) is 2. The summed E-state index contributed by atoms with van der Waals surface area (Å²) in [5.41, 5.74) is 0. The van der Waals surface area contributed by atoms with Crippen molar-refractivity contribution in [2.75, 3.05) is 13.1 Å². The van der Waals surface area contributed by atoms with Crippen molar-refractivity contribution in [3.63, 3.8) is 0 Å². The third kappa shape index (κ3) is 3.24. The number of hydrogen-bond donors (Lipinski definition) is 0. The SMILES string of the molecule is CC1CCCN(C(=O)C(C)Oc2ccc3ccccc3c2)C1. The van der Waals surface area contributed by atoms with E-state index in [2.05, 4.69) is 19.1 Å². The van der Waals surface area contributed by atoms with E-state index in [0.29, 0.717) is 5.92 Å². The van der Waals surface area contributed by atoms with E-state index in [1.807, 2.05) is 42.2 Å². The first-order valence-corrected chi connectivity index (χ1v) is 8.08. The quantitative estimate of drug-likeness (QED) is 0.861. The summed E-state index contributed by atoms with van der Waals surface area (Å²) in [7, 11) is 0. The maximum atomic E-state index is 12.5. The molecule has 0 radical (unpaired) electrons. The van der Waals surface area contributed by atoms with E-state index in [1.54, 1.807) is 0 Å². The molecule has 1 aliphatic heterocycles. The van der Waals surface area contributed by atoms with E-state index >= 15 is 0 Å². The van der Waals surface area contributed by atoms with Gasteiger partial charge >= 0.3 is 0 Å². The van der Waals surface area contributed by atoms with Gasteiger partial charge in [0, 0.05) is 13.1 Å². The molecule has 0 spiro atoms. The molecule has 3 rings (SSSR count). The molecule has 3 heteroatoms. The minimum atomic E-state index is -0.438. The molecule has 116 valence electrons. The molecular weight excluding hydrogens is 274 g/mol. The molecule has 0 bridgehead atoms. The Kier molecular flexibility index (Phi) is 4.32. The molecule has 1 amide bonds. The van der Waals surface area contributed by atoms with Crippen LogP contribution in [0.5, 0.6) is 5.75 Å². The van der Waals surface area contributed by atoms with E-state index in [9.17, 15) is 4.79 Å². The van der Waals surface area contributed by atoms with E-state index in [-0.39, 0.29) is 5.91 Å². The van der Waals surface area contributed by atoms with Gasteiger partial charge in [-0.25, -0.2) is 0 Å². The Morgan fingerprint density at radius 2 is 2.00 bits per heavy atom. The van der Waals surface area contributed by atoms with Crippen LogP contribution >= 0.6 is 0 Å². The summed E-state index contributed by atoms with van der Waals surface area (Å²) >= 11 is 0. The van der Waals surface area contributed by atoms with Gasteiger partial charge in [-0.2, -0.15) is 0 Å². The van der Waals surface area contributed by atoms with Crippen LogP contribution in [0.25, 0.3) is 10.8 Å². The first-order valence-electron chi connectivity index (χ1n) is 8.08. The van der Waals surface area contributed by atoms with Crippen molar-refractivity contribution in [3.8, 4) is 5.75 Å². The zero-order valence-electron chi connectivity index (χ0n) is 13.3. The van der Waals surface area contributed by atoms with Crippen LogP contribution in [0.2, 0.25) is 0 Å². The van der Waals surface area contributed by atoms with E-state index in [1.165, 1.54) is 11.8 Å². The fourth-order valence-corrected chi connectivity index (χ4v) is 3.14. The van der Waals surface area contributed by atoms with Gasteiger partial charge in [0.2, 0.25) is 0 Å². The van der Waals surface area contributed by atoms with Crippen molar-refractivity contribution in [2.45, 2.75) is 32.8 Å². The summed E-state index contributed by atoms with van der Waals surface area (Å²) in [6.07, 6.45) is 1.87. The van der Waals surface area contributed by atoms with Crippen molar-refractivity contribution in [1.29, 1.82) is 0 Å². The van der Waals surface area contributed by atoms with Gasteiger partial charge in [0.1, 0.15) is 5.75 Å². The molecule has 1 heterocycles. The number of likely N-dealkylation sites (tertiary alicyclic amines) is 1. The number of carbonyl (C=O) groups excluding carboxylic acids is 1. The lowest BCUT2D eigenvalue weighted by atomic mass is 10.00. The lowest BCUT2D eigenvalue weighted by Crippen LogP contribution is -2.45. The highest BCUT2D eigenvalue weighted by molar-refractivity contribution is 5.84. The highest BCUT2D eigenvalue weighted by Crippen LogP contribution is 2.22. The summed E-state index contributed by atoms with van der Waals surface area (Å²) in [6.45, 7) is 5.75. The highest BCUT2D eigenvalue weighted by Gasteiger charge is 2.26.